The van der Waals surface area contributed by atoms with Gasteiger partial charge in [-0.15, -0.1) is 10.2 Å². The molecule has 0 radical (unpaired) electrons. The molecule has 0 saturated heterocycles. The van der Waals surface area contributed by atoms with Crippen LogP contribution in [-0.2, 0) is 4.79 Å². The predicted octanol–water partition coefficient (Wildman–Crippen LogP) is 2.69. The molecule has 2 aromatic rings. The van der Waals surface area contributed by atoms with Crippen molar-refractivity contribution in [2.24, 2.45) is 0 Å². The third-order valence-corrected chi connectivity index (χ3v) is 4.39. The van der Waals surface area contributed by atoms with E-state index >= 15 is 0 Å². The first-order chi connectivity index (χ1) is 10.2. The van der Waals surface area contributed by atoms with E-state index in [2.05, 4.69) is 20.8 Å². The van der Waals surface area contributed by atoms with E-state index in [0.717, 1.165) is 10.8 Å². The molecule has 2 aromatic heterocycles. The molecule has 2 N–H and O–H groups in total. The number of nitrogens with zero attached hydrogens (tertiary/aromatic N) is 2. The summed E-state index contributed by atoms with van der Waals surface area (Å²) in [6, 6.07) is 3.86. The van der Waals surface area contributed by atoms with E-state index in [1.807, 2.05) is 19.1 Å². The SMILES string of the molecule is CC(NCCC(=O)Nc1nnc(C2CC2)s1)c1ccco1. The van der Waals surface area contributed by atoms with Crippen molar-refractivity contribution in [3.8, 4) is 0 Å². The van der Waals surface area contributed by atoms with Crippen LogP contribution in [0.3, 0.4) is 0 Å². The molecule has 0 spiro atoms. The van der Waals surface area contributed by atoms with E-state index in [-0.39, 0.29) is 11.9 Å². The largest absolute Gasteiger partial charge is 0.468 e. The Morgan fingerprint density at radius 3 is 3.10 bits per heavy atom. The fraction of sp³-hybridized carbons (Fsp3) is 0.500. The van der Waals surface area contributed by atoms with Gasteiger partial charge in [0.1, 0.15) is 10.8 Å². The number of amides is 1. The van der Waals surface area contributed by atoms with Gasteiger partial charge in [-0.05, 0) is 31.9 Å². The molecule has 1 aliphatic carbocycles. The number of anilines is 1. The maximum atomic E-state index is 11.8. The standard InChI is InChI=1S/C14H18N4O2S/c1-9(11-3-2-8-20-11)15-7-6-12(19)16-14-18-17-13(21-14)10-4-5-10/h2-3,8-10,15H,4-7H2,1H3,(H,16,18,19). The molecule has 3 rings (SSSR count). The average Bonchev–Trinajstić information content (AvgIpc) is 2.99. The van der Waals surface area contributed by atoms with Crippen LogP contribution in [0.25, 0.3) is 0 Å². The Kier molecular flexibility index (Phi) is 4.31. The Labute approximate surface area is 127 Å². The van der Waals surface area contributed by atoms with Gasteiger partial charge in [0.2, 0.25) is 11.0 Å². The molecule has 0 aromatic carbocycles. The molecule has 2 heterocycles. The highest BCUT2D eigenvalue weighted by Crippen LogP contribution is 2.42. The van der Waals surface area contributed by atoms with E-state index in [1.54, 1.807) is 6.26 Å². The third kappa shape index (κ3) is 3.89. The summed E-state index contributed by atoms with van der Waals surface area (Å²) in [5, 5.41) is 15.8. The molecule has 0 aliphatic heterocycles. The van der Waals surface area contributed by atoms with Crippen molar-refractivity contribution < 1.29 is 9.21 Å². The van der Waals surface area contributed by atoms with Gasteiger partial charge in [-0.1, -0.05) is 11.3 Å². The highest BCUT2D eigenvalue weighted by molar-refractivity contribution is 7.15. The molecule has 0 bridgehead atoms. The van der Waals surface area contributed by atoms with Crippen LogP contribution < -0.4 is 10.6 Å². The Bertz CT molecular complexity index is 592. The molecule has 1 fully saturated rings. The number of aromatic nitrogens is 2. The number of rotatable bonds is 7. The van der Waals surface area contributed by atoms with Gasteiger partial charge >= 0.3 is 0 Å². The van der Waals surface area contributed by atoms with Crippen molar-refractivity contribution >= 4 is 22.4 Å². The van der Waals surface area contributed by atoms with Gasteiger partial charge in [0.05, 0.1) is 12.3 Å². The smallest absolute Gasteiger partial charge is 0.227 e. The van der Waals surface area contributed by atoms with Crippen molar-refractivity contribution in [3.63, 3.8) is 0 Å². The molecule has 1 saturated carbocycles. The summed E-state index contributed by atoms with van der Waals surface area (Å²) in [7, 11) is 0. The molecule has 1 atom stereocenters. The first kappa shape index (κ1) is 14.2. The second-order valence-corrected chi connectivity index (χ2v) is 6.22. The lowest BCUT2D eigenvalue weighted by molar-refractivity contribution is -0.116. The van der Waals surface area contributed by atoms with Crippen LogP contribution in [0.15, 0.2) is 22.8 Å². The zero-order valence-corrected chi connectivity index (χ0v) is 12.7. The minimum absolute atomic E-state index is 0.0485. The van der Waals surface area contributed by atoms with Crippen molar-refractivity contribution in [1.29, 1.82) is 0 Å². The monoisotopic (exact) mass is 306 g/mol. The molecule has 1 unspecified atom stereocenters. The van der Waals surface area contributed by atoms with Gasteiger partial charge in [0.25, 0.3) is 0 Å². The fourth-order valence-electron chi connectivity index (χ4n) is 2.00. The average molecular weight is 306 g/mol. The Morgan fingerprint density at radius 1 is 1.52 bits per heavy atom. The van der Waals surface area contributed by atoms with Crippen LogP contribution in [0, 0.1) is 0 Å². The minimum atomic E-state index is -0.0485. The van der Waals surface area contributed by atoms with E-state index in [4.69, 9.17) is 4.42 Å². The maximum absolute atomic E-state index is 11.8. The number of furan rings is 1. The number of hydrogen-bond donors (Lipinski definition) is 2. The summed E-state index contributed by atoms with van der Waals surface area (Å²) in [4.78, 5) is 11.8. The topological polar surface area (TPSA) is 80.0 Å². The third-order valence-electron chi connectivity index (χ3n) is 3.39. The molecule has 112 valence electrons. The van der Waals surface area contributed by atoms with Crippen LogP contribution >= 0.6 is 11.3 Å². The summed E-state index contributed by atoms with van der Waals surface area (Å²) in [6.45, 7) is 2.59. The van der Waals surface area contributed by atoms with Crippen LogP contribution in [0.5, 0.6) is 0 Å². The predicted molar refractivity (Wildman–Crippen MR) is 80.3 cm³/mol. The van der Waals surface area contributed by atoms with E-state index in [0.29, 0.717) is 24.0 Å². The summed E-state index contributed by atoms with van der Waals surface area (Å²) < 4.78 is 5.30. The lowest BCUT2D eigenvalue weighted by Gasteiger charge is -2.10. The summed E-state index contributed by atoms with van der Waals surface area (Å²) >= 11 is 1.48. The number of hydrogen-bond acceptors (Lipinski definition) is 6. The summed E-state index contributed by atoms with van der Waals surface area (Å²) in [5.74, 6) is 1.39. The summed E-state index contributed by atoms with van der Waals surface area (Å²) in [6.07, 6.45) is 4.42. The first-order valence-corrected chi connectivity index (χ1v) is 7.94. The van der Waals surface area contributed by atoms with E-state index in [1.165, 1.54) is 24.2 Å². The quantitative estimate of drug-likeness (QED) is 0.822. The lowest BCUT2D eigenvalue weighted by atomic mass is 10.2. The second-order valence-electron chi connectivity index (χ2n) is 5.21. The Balaban J connectivity index is 1.39. The summed E-state index contributed by atoms with van der Waals surface area (Å²) in [5.41, 5.74) is 0. The van der Waals surface area contributed by atoms with Crippen LogP contribution in [0.2, 0.25) is 0 Å². The molecular formula is C14H18N4O2S. The van der Waals surface area contributed by atoms with Gasteiger partial charge in [0, 0.05) is 18.9 Å². The number of carbonyl (C=O) groups is 1. The van der Waals surface area contributed by atoms with Crippen LogP contribution in [-0.4, -0.2) is 22.6 Å². The van der Waals surface area contributed by atoms with Gasteiger partial charge in [-0.3, -0.25) is 4.79 Å². The van der Waals surface area contributed by atoms with Crippen molar-refractivity contribution in [3.05, 3.63) is 29.2 Å². The van der Waals surface area contributed by atoms with Gasteiger partial charge in [-0.2, -0.15) is 0 Å². The molecule has 21 heavy (non-hydrogen) atoms. The molecule has 7 heteroatoms. The minimum Gasteiger partial charge on any atom is -0.468 e. The van der Waals surface area contributed by atoms with Crippen molar-refractivity contribution in [2.45, 2.75) is 38.1 Å². The van der Waals surface area contributed by atoms with Crippen molar-refractivity contribution in [2.75, 3.05) is 11.9 Å². The van der Waals surface area contributed by atoms with Gasteiger partial charge in [0.15, 0.2) is 0 Å². The first-order valence-electron chi connectivity index (χ1n) is 7.12. The van der Waals surface area contributed by atoms with Crippen LogP contribution in [0.1, 0.15) is 48.9 Å². The molecule has 1 amide bonds. The van der Waals surface area contributed by atoms with Crippen molar-refractivity contribution in [1.82, 2.24) is 15.5 Å². The lowest BCUT2D eigenvalue weighted by Crippen LogP contribution is -2.24. The van der Waals surface area contributed by atoms with E-state index in [9.17, 15) is 4.79 Å². The highest BCUT2D eigenvalue weighted by Gasteiger charge is 2.27. The molecule has 1 aliphatic rings. The maximum Gasteiger partial charge on any atom is 0.227 e. The Hall–Kier alpha value is -1.73. The zero-order chi connectivity index (χ0) is 14.7. The van der Waals surface area contributed by atoms with E-state index < -0.39 is 0 Å². The number of carbonyl (C=O) groups excluding carboxylic acids is 1. The normalized spacial score (nSPS) is 15.9. The number of nitrogens with one attached hydrogen (secondary N) is 2. The Morgan fingerprint density at radius 2 is 2.38 bits per heavy atom. The second kappa shape index (κ2) is 6.36. The van der Waals surface area contributed by atoms with Crippen LogP contribution in [0.4, 0.5) is 5.13 Å². The van der Waals surface area contributed by atoms with Gasteiger partial charge < -0.3 is 15.1 Å². The van der Waals surface area contributed by atoms with Gasteiger partial charge in [-0.25, -0.2) is 0 Å². The highest BCUT2D eigenvalue weighted by atomic mass is 32.1. The zero-order valence-electron chi connectivity index (χ0n) is 11.8. The fourth-order valence-corrected chi connectivity index (χ4v) is 2.93. The molecule has 6 nitrogen and oxygen atoms in total. The molecular weight excluding hydrogens is 288 g/mol.